The van der Waals surface area contributed by atoms with Gasteiger partial charge in [0, 0.05) is 18.8 Å². The Morgan fingerprint density at radius 3 is 2.75 bits per heavy atom. The molecule has 4 rings (SSSR count). The van der Waals surface area contributed by atoms with Crippen molar-refractivity contribution in [2.45, 2.75) is 19.6 Å². The molecule has 0 aromatic heterocycles. The molecule has 4 nitrogen and oxygen atoms in total. The highest BCUT2D eigenvalue weighted by molar-refractivity contribution is 5.70. The normalized spacial score (nSPS) is 15.6. The summed E-state index contributed by atoms with van der Waals surface area (Å²) >= 11 is 0. The number of benzene rings is 3. The molecule has 4 heteroatoms. The van der Waals surface area contributed by atoms with Crippen LogP contribution in [0.2, 0.25) is 0 Å². The molecule has 1 atom stereocenters. The van der Waals surface area contributed by atoms with Gasteiger partial charge in [0.15, 0.2) is 0 Å². The SMILES string of the molecule is COc1cccc(CNCC2CN(c3cccc(C)c3)c3ccccc3O2)c1. The second-order valence-electron chi connectivity index (χ2n) is 7.14. The lowest BCUT2D eigenvalue weighted by Crippen LogP contribution is -2.43. The van der Waals surface area contributed by atoms with E-state index in [0.717, 1.165) is 36.8 Å². The summed E-state index contributed by atoms with van der Waals surface area (Å²) in [6.07, 6.45) is 0.0704. The summed E-state index contributed by atoms with van der Waals surface area (Å²) in [6.45, 7) is 4.49. The molecular weight excluding hydrogens is 348 g/mol. The summed E-state index contributed by atoms with van der Waals surface area (Å²) in [4.78, 5) is 2.35. The summed E-state index contributed by atoms with van der Waals surface area (Å²) in [7, 11) is 1.69. The van der Waals surface area contributed by atoms with Crippen LogP contribution in [-0.2, 0) is 6.54 Å². The van der Waals surface area contributed by atoms with E-state index in [9.17, 15) is 0 Å². The van der Waals surface area contributed by atoms with Gasteiger partial charge in [-0.05, 0) is 54.4 Å². The van der Waals surface area contributed by atoms with Gasteiger partial charge in [0.2, 0.25) is 0 Å². The van der Waals surface area contributed by atoms with Crippen LogP contribution in [0.25, 0.3) is 0 Å². The number of nitrogens with one attached hydrogen (secondary N) is 1. The van der Waals surface area contributed by atoms with E-state index in [1.165, 1.54) is 16.8 Å². The largest absolute Gasteiger partial charge is 0.497 e. The molecule has 1 aliphatic heterocycles. The minimum atomic E-state index is 0.0704. The van der Waals surface area contributed by atoms with E-state index in [1.54, 1.807) is 7.11 Å². The molecule has 0 bridgehead atoms. The molecule has 1 heterocycles. The molecule has 144 valence electrons. The van der Waals surface area contributed by atoms with Crippen molar-refractivity contribution in [1.29, 1.82) is 0 Å². The van der Waals surface area contributed by atoms with E-state index in [2.05, 4.69) is 65.7 Å². The molecule has 0 saturated heterocycles. The Bertz CT molecular complexity index is 941. The number of hydrogen-bond acceptors (Lipinski definition) is 4. The van der Waals surface area contributed by atoms with Gasteiger partial charge in [-0.25, -0.2) is 0 Å². The van der Waals surface area contributed by atoms with Gasteiger partial charge in [-0.15, -0.1) is 0 Å². The van der Waals surface area contributed by atoms with Crippen LogP contribution >= 0.6 is 0 Å². The first kappa shape index (κ1) is 18.4. The Morgan fingerprint density at radius 1 is 1.04 bits per heavy atom. The minimum Gasteiger partial charge on any atom is -0.497 e. The zero-order valence-electron chi connectivity index (χ0n) is 16.4. The molecule has 3 aromatic carbocycles. The molecule has 1 N–H and O–H groups in total. The van der Waals surface area contributed by atoms with Crippen LogP contribution in [0.5, 0.6) is 11.5 Å². The molecule has 0 fully saturated rings. The Morgan fingerprint density at radius 2 is 1.89 bits per heavy atom. The number of fused-ring (bicyclic) bond motifs is 1. The average molecular weight is 374 g/mol. The maximum atomic E-state index is 6.27. The molecule has 1 unspecified atom stereocenters. The molecule has 0 aliphatic carbocycles. The average Bonchev–Trinajstić information content (AvgIpc) is 2.73. The zero-order valence-corrected chi connectivity index (χ0v) is 16.4. The molecule has 0 amide bonds. The van der Waals surface area contributed by atoms with Crippen LogP contribution < -0.4 is 19.7 Å². The second kappa shape index (κ2) is 8.36. The monoisotopic (exact) mass is 374 g/mol. The summed E-state index contributed by atoms with van der Waals surface area (Å²) in [5.74, 6) is 1.82. The summed E-state index contributed by atoms with van der Waals surface area (Å²) in [5.41, 5.74) is 4.78. The van der Waals surface area contributed by atoms with Crippen molar-refractivity contribution >= 4 is 11.4 Å². The highest BCUT2D eigenvalue weighted by Crippen LogP contribution is 2.38. The fourth-order valence-electron chi connectivity index (χ4n) is 3.61. The van der Waals surface area contributed by atoms with Crippen LogP contribution in [0, 0.1) is 6.92 Å². The van der Waals surface area contributed by atoms with Gasteiger partial charge in [0.25, 0.3) is 0 Å². The predicted octanol–water partition coefficient (Wildman–Crippen LogP) is 4.69. The number of anilines is 2. The Kier molecular flexibility index (Phi) is 5.49. The number of ether oxygens (including phenoxy) is 2. The van der Waals surface area contributed by atoms with E-state index in [0.29, 0.717) is 0 Å². The van der Waals surface area contributed by atoms with Crippen molar-refractivity contribution in [1.82, 2.24) is 5.32 Å². The quantitative estimate of drug-likeness (QED) is 0.678. The van der Waals surface area contributed by atoms with Crippen LogP contribution in [0.3, 0.4) is 0 Å². The molecule has 1 aliphatic rings. The number of rotatable bonds is 6. The molecule has 3 aromatic rings. The van der Waals surface area contributed by atoms with Gasteiger partial charge in [0.05, 0.1) is 19.3 Å². The van der Waals surface area contributed by atoms with Crippen molar-refractivity contribution < 1.29 is 9.47 Å². The van der Waals surface area contributed by atoms with Crippen LogP contribution in [0.1, 0.15) is 11.1 Å². The second-order valence-corrected chi connectivity index (χ2v) is 7.14. The van der Waals surface area contributed by atoms with E-state index >= 15 is 0 Å². The maximum absolute atomic E-state index is 6.27. The molecule has 28 heavy (non-hydrogen) atoms. The van der Waals surface area contributed by atoms with Crippen molar-refractivity contribution in [2.75, 3.05) is 25.1 Å². The van der Waals surface area contributed by atoms with E-state index in [1.807, 2.05) is 24.3 Å². The van der Waals surface area contributed by atoms with Crippen molar-refractivity contribution in [3.63, 3.8) is 0 Å². The molecular formula is C24H26N2O2. The van der Waals surface area contributed by atoms with E-state index < -0.39 is 0 Å². The van der Waals surface area contributed by atoms with Crippen molar-refractivity contribution in [3.05, 3.63) is 83.9 Å². The third kappa shape index (κ3) is 4.12. The number of para-hydroxylation sites is 2. The highest BCUT2D eigenvalue weighted by atomic mass is 16.5. The lowest BCUT2D eigenvalue weighted by molar-refractivity contribution is 0.194. The molecule has 0 radical (unpaired) electrons. The number of nitrogens with zero attached hydrogens (tertiary/aromatic N) is 1. The topological polar surface area (TPSA) is 33.7 Å². The summed E-state index contributed by atoms with van der Waals surface area (Å²) < 4.78 is 11.6. The van der Waals surface area contributed by atoms with Gasteiger partial charge in [0.1, 0.15) is 17.6 Å². The fourth-order valence-corrected chi connectivity index (χ4v) is 3.61. The van der Waals surface area contributed by atoms with Crippen molar-refractivity contribution in [3.8, 4) is 11.5 Å². The van der Waals surface area contributed by atoms with Crippen LogP contribution in [0.15, 0.2) is 72.8 Å². The van der Waals surface area contributed by atoms with Gasteiger partial charge in [-0.2, -0.15) is 0 Å². The predicted molar refractivity (Wildman–Crippen MR) is 114 cm³/mol. The first-order chi connectivity index (χ1) is 13.7. The minimum absolute atomic E-state index is 0.0704. The summed E-state index contributed by atoms with van der Waals surface area (Å²) in [5, 5.41) is 3.53. The van der Waals surface area contributed by atoms with Crippen LogP contribution in [0.4, 0.5) is 11.4 Å². The van der Waals surface area contributed by atoms with Gasteiger partial charge >= 0.3 is 0 Å². The first-order valence-electron chi connectivity index (χ1n) is 9.66. The lowest BCUT2D eigenvalue weighted by atomic mass is 10.1. The molecule has 0 spiro atoms. The third-order valence-electron chi connectivity index (χ3n) is 4.98. The lowest BCUT2D eigenvalue weighted by Gasteiger charge is -2.36. The van der Waals surface area contributed by atoms with E-state index in [4.69, 9.17) is 9.47 Å². The van der Waals surface area contributed by atoms with Crippen molar-refractivity contribution in [2.24, 2.45) is 0 Å². The standard InChI is InChI=1S/C24H26N2O2/c1-18-7-5-9-20(13-18)26-17-22(28-24-12-4-3-11-23(24)26)16-25-15-19-8-6-10-21(14-19)27-2/h3-14,22,25H,15-17H2,1-2H3. The summed E-state index contributed by atoms with van der Waals surface area (Å²) in [6, 6.07) is 25.0. The molecule has 0 saturated carbocycles. The van der Waals surface area contributed by atoms with Gasteiger partial charge in [-0.3, -0.25) is 0 Å². The van der Waals surface area contributed by atoms with Gasteiger partial charge < -0.3 is 19.7 Å². The van der Waals surface area contributed by atoms with Gasteiger partial charge in [-0.1, -0.05) is 36.4 Å². The number of hydrogen-bond donors (Lipinski definition) is 1. The Balaban J connectivity index is 1.47. The first-order valence-corrected chi connectivity index (χ1v) is 9.66. The van der Waals surface area contributed by atoms with Crippen LogP contribution in [-0.4, -0.2) is 26.3 Å². The zero-order chi connectivity index (χ0) is 19.3. The number of methoxy groups -OCH3 is 1. The van der Waals surface area contributed by atoms with E-state index in [-0.39, 0.29) is 6.10 Å². The maximum Gasteiger partial charge on any atom is 0.143 e. The Hall–Kier alpha value is -2.98. The smallest absolute Gasteiger partial charge is 0.143 e. The highest BCUT2D eigenvalue weighted by Gasteiger charge is 2.26. The fraction of sp³-hybridized carbons (Fsp3) is 0.250. The Labute approximate surface area is 166 Å². The third-order valence-corrected chi connectivity index (χ3v) is 4.98. The number of aryl methyl sites for hydroxylation is 1.